The SMILES string of the molecule is Cc1ccc(S(=O)(=O)N2CCC3(CC2)CS3)cc1. The third-order valence-corrected chi connectivity index (χ3v) is 7.27. The summed E-state index contributed by atoms with van der Waals surface area (Å²) in [5, 5.41) is 0. The molecule has 2 fully saturated rings. The molecule has 0 saturated carbocycles. The molecule has 3 rings (SSSR count). The number of hydrogen-bond acceptors (Lipinski definition) is 3. The lowest BCUT2D eigenvalue weighted by molar-refractivity contribution is 0.326. The first kappa shape index (κ1) is 12.5. The van der Waals surface area contributed by atoms with E-state index in [1.165, 1.54) is 5.75 Å². The van der Waals surface area contributed by atoms with E-state index in [4.69, 9.17) is 0 Å². The number of rotatable bonds is 2. The zero-order valence-electron chi connectivity index (χ0n) is 10.4. The predicted molar refractivity (Wildman–Crippen MR) is 74.4 cm³/mol. The molecule has 0 bridgehead atoms. The van der Waals surface area contributed by atoms with Crippen molar-refractivity contribution in [2.75, 3.05) is 18.8 Å². The van der Waals surface area contributed by atoms with Crippen LogP contribution in [0.4, 0.5) is 0 Å². The predicted octanol–water partition coefficient (Wildman–Crippen LogP) is 2.27. The molecule has 0 N–H and O–H groups in total. The minimum atomic E-state index is -3.28. The lowest BCUT2D eigenvalue weighted by Gasteiger charge is -2.30. The number of benzene rings is 1. The van der Waals surface area contributed by atoms with Gasteiger partial charge in [0.2, 0.25) is 10.0 Å². The Hall–Kier alpha value is -0.520. The molecular formula is C13H17NO2S2. The van der Waals surface area contributed by atoms with Crippen molar-refractivity contribution in [3.05, 3.63) is 29.8 Å². The fraction of sp³-hybridized carbons (Fsp3) is 0.538. The first-order valence-corrected chi connectivity index (χ1v) is 8.65. The molecule has 1 aromatic rings. The lowest BCUT2D eigenvalue weighted by atomic mass is 10.0. The zero-order valence-corrected chi connectivity index (χ0v) is 12.1. The molecule has 2 saturated heterocycles. The van der Waals surface area contributed by atoms with Crippen molar-refractivity contribution in [3.63, 3.8) is 0 Å². The third kappa shape index (κ3) is 2.19. The van der Waals surface area contributed by atoms with Gasteiger partial charge in [0.1, 0.15) is 0 Å². The van der Waals surface area contributed by atoms with E-state index in [1.807, 2.05) is 30.8 Å². The van der Waals surface area contributed by atoms with Crippen molar-refractivity contribution >= 4 is 21.8 Å². The van der Waals surface area contributed by atoms with Gasteiger partial charge in [-0.25, -0.2) is 8.42 Å². The first-order chi connectivity index (χ1) is 8.52. The first-order valence-electron chi connectivity index (χ1n) is 6.23. The van der Waals surface area contributed by atoms with Crippen LogP contribution in [-0.4, -0.2) is 36.3 Å². The lowest BCUT2D eigenvalue weighted by Crippen LogP contribution is -2.40. The van der Waals surface area contributed by atoms with Crippen LogP contribution in [0.3, 0.4) is 0 Å². The van der Waals surface area contributed by atoms with Crippen LogP contribution in [0.15, 0.2) is 29.2 Å². The van der Waals surface area contributed by atoms with E-state index in [1.54, 1.807) is 16.4 Å². The molecule has 98 valence electrons. The Morgan fingerprint density at radius 3 is 2.22 bits per heavy atom. The van der Waals surface area contributed by atoms with E-state index in [2.05, 4.69) is 0 Å². The average Bonchev–Trinajstić information content (AvgIpc) is 3.10. The molecule has 5 heteroatoms. The van der Waals surface area contributed by atoms with E-state index in [0.29, 0.717) is 22.7 Å². The van der Waals surface area contributed by atoms with Gasteiger partial charge in [0, 0.05) is 23.6 Å². The van der Waals surface area contributed by atoms with Crippen molar-refractivity contribution in [1.29, 1.82) is 0 Å². The van der Waals surface area contributed by atoms with E-state index in [0.717, 1.165) is 18.4 Å². The molecule has 1 aromatic carbocycles. The van der Waals surface area contributed by atoms with Crippen LogP contribution in [0, 0.1) is 6.92 Å². The molecule has 0 radical (unpaired) electrons. The summed E-state index contributed by atoms with van der Waals surface area (Å²) >= 11 is 1.98. The molecule has 1 spiro atoms. The summed E-state index contributed by atoms with van der Waals surface area (Å²) in [6, 6.07) is 7.13. The van der Waals surface area contributed by atoms with Gasteiger partial charge in [-0.05, 0) is 31.9 Å². The van der Waals surface area contributed by atoms with E-state index < -0.39 is 10.0 Å². The monoisotopic (exact) mass is 283 g/mol. The summed E-state index contributed by atoms with van der Waals surface area (Å²) < 4.78 is 27.0. The van der Waals surface area contributed by atoms with Gasteiger partial charge in [0.25, 0.3) is 0 Å². The van der Waals surface area contributed by atoms with Gasteiger partial charge in [-0.3, -0.25) is 0 Å². The molecule has 0 aliphatic carbocycles. The van der Waals surface area contributed by atoms with Gasteiger partial charge in [0.15, 0.2) is 0 Å². The Labute approximate surface area is 113 Å². The van der Waals surface area contributed by atoms with Crippen LogP contribution < -0.4 is 0 Å². The maximum atomic E-state index is 12.4. The Bertz CT molecular complexity index is 537. The minimum absolute atomic E-state index is 0.424. The van der Waals surface area contributed by atoms with E-state index in [-0.39, 0.29) is 0 Å². The summed E-state index contributed by atoms with van der Waals surface area (Å²) in [4.78, 5) is 0.424. The molecule has 2 aliphatic rings. The number of thioether (sulfide) groups is 1. The molecular weight excluding hydrogens is 266 g/mol. The van der Waals surface area contributed by atoms with Gasteiger partial charge >= 0.3 is 0 Å². The van der Waals surface area contributed by atoms with Crippen molar-refractivity contribution in [2.45, 2.75) is 29.4 Å². The fourth-order valence-corrected chi connectivity index (χ4v) is 4.79. The van der Waals surface area contributed by atoms with Gasteiger partial charge in [0.05, 0.1) is 4.90 Å². The standard InChI is InChI=1S/C13H17NO2S2/c1-11-2-4-12(5-3-11)18(15,16)14-8-6-13(7-9-14)10-17-13/h2-5H,6-10H2,1H3. The molecule has 0 amide bonds. The Kier molecular flexibility index (Phi) is 2.95. The fourth-order valence-electron chi connectivity index (χ4n) is 2.38. The van der Waals surface area contributed by atoms with Crippen LogP contribution in [0.2, 0.25) is 0 Å². The second kappa shape index (κ2) is 4.25. The van der Waals surface area contributed by atoms with Gasteiger partial charge < -0.3 is 0 Å². The maximum absolute atomic E-state index is 12.4. The van der Waals surface area contributed by atoms with Crippen molar-refractivity contribution in [2.24, 2.45) is 0 Å². The number of sulfonamides is 1. The highest BCUT2D eigenvalue weighted by molar-refractivity contribution is 8.07. The third-order valence-electron chi connectivity index (χ3n) is 3.84. The highest BCUT2D eigenvalue weighted by Crippen LogP contribution is 2.52. The van der Waals surface area contributed by atoms with Crippen LogP contribution >= 0.6 is 11.8 Å². The van der Waals surface area contributed by atoms with Crippen molar-refractivity contribution < 1.29 is 8.42 Å². The number of aryl methyl sites for hydroxylation is 1. The summed E-state index contributed by atoms with van der Waals surface area (Å²) in [7, 11) is -3.28. The molecule has 3 nitrogen and oxygen atoms in total. The summed E-state index contributed by atoms with van der Waals surface area (Å²) in [5.74, 6) is 1.21. The van der Waals surface area contributed by atoms with E-state index >= 15 is 0 Å². The van der Waals surface area contributed by atoms with Crippen LogP contribution in [0.1, 0.15) is 18.4 Å². The average molecular weight is 283 g/mol. The summed E-state index contributed by atoms with van der Waals surface area (Å²) in [6.07, 6.45) is 2.01. The largest absolute Gasteiger partial charge is 0.243 e. The molecule has 0 unspecified atom stereocenters. The molecule has 2 heterocycles. The minimum Gasteiger partial charge on any atom is -0.207 e. The quantitative estimate of drug-likeness (QED) is 0.781. The number of nitrogens with zero attached hydrogens (tertiary/aromatic N) is 1. The zero-order chi connectivity index (χ0) is 12.8. The maximum Gasteiger partial charge on any atom is 0.243 e. The van der Waals surface area contributed by atoms with Crippen LogP contribution in [-0.2, 0) is 10.0 Å². The summed E-state index contributed by atoms with van der Waals surface area (Å²) in [6.45, 7) is 3.30. The molecule has 18 heavy (non-hydrogen) atoms. The van der Waals surface area contributed by atoms with Gasteiger partial charge in [-0.2, -0.15) is 16.1 Å². The Balaban J connectivity index is 1.80. The summed E-state index contributed by atoms with van der Waals surface area (Å²) in [5.41, 5.74) is 1.08. The second-order valence-corrected chi connectivity index (χ2v) is 8.57. The van der Waals surface area contributed by atoms with Crippen molar-refractivity contribution in [1.82, 2.24) is 4.31 Å². The second-order valence-electron chi connectivity index (χ2n) is 5.19. The van der Waals surface area contributed by atoms with Crippen LogP contribution in [0.25, 0.3) is 0 Å². The molecule has 0 aromatic heterocycles. The van der Waals surface area contributed by atoms with E-state index in [9.17, 15) is 8.42 Å². The van der Waals surface area contributed by atoms with Gasteiger partial charge in [-0.1, -0.05) is 17.7 Å². The topological polar surface area (TPSA) is 37.4 Å². The number of hydrogen-bond donors (Lipinski definition) is 0. The highest BCUT2D eigenvalue weighted by Gasteiger charge is 2.47. The Morgan fingerprint density at radius 1 is 1.17 bits per heavy atom. The Morgan fingerprint density at radius 2 is 1.72 bits per heavy atom. The molecule has 2 aliphatic heterocycles. The number of piperidine rings is 1. The van der Waals surface area contributed by atoms with Gasteiger partial charge in [-0.15, -0.1) is 0 Å². The normalized spacial score (nSPS) is 23.2. The van der Waals surface area contributed by atoms with Crippen LogP contribution in [0.5, 0.6) is 0 Å². The van der Waals surface area contributed by atoms with Crippen molar-refractivity contribution in [3.8, 4) is 0 Å². The molecule has 0 atom stereocenters. The smallest absolute Gasteiger partial charge is 0.207 e. The highest BCUT2D eigenvalue weighted by atomic mass is 32.2.